The monoisotopic (exact) mass is 420 g/mol. The number of amides is 2. The minimum atomic E-state index is -1.06. The fraction of sp³-hybridized carbons (Fsp3) is 0.200. The molecule has 1 aliphatic heterocycles. The largest absolute Gasteiger partial charge is 0.337 e. The zero-order valence-electron chi connectivity index (χ0n) is 16.9. The van der Waals surface area contributed by atoms with Crippen molar-refractivity contribution in [1.29, 1.82) is 0 Å². The number of carbonyl (C=O) groups is 2. The molecule has 3 aromatic rings. The Bertz CT molecular complexity index is 1030. The summed E-state index contributed by atoms with van der Waals surface area (Å²) in [6, 6.07) is 22.6. The molecule has 0 bridgehead atoms. The van der Waals surface area contributed by atoms with Gasteiger partial charge in [-0.1, -0.05) is 60.7 Å². The number of carbonyl (C=O) groups excluding carboxylic acids is 2. The van der Waals surface area contributed by atoms with E-state index in [2.05, 4.69) is 0 Å². The lowest BCUT2D eigenvalue weighted by molar-refractivity contribution is -0.141. The van der Waals surface area contributed by atoms with Gasteiger partial charge in [-0.25, -0.2) is 8.78 Å². The van der Waals surface area contributed by atoms with Crippen LogP contribution in [0.5, 0.6) is 0 Å². The van der Waals surface area contributed by atoms with E-state index in [0.29, 0.717) is 13.1 Å². The topological polar surface area (TPSA) is 40.6 Å². The van der Waals surface area contributed by atoms with Crippen LogP contribution in [0.4, 0.5) is 8.78 Å². The van der Waals surface area contributed by atoms with Crippen molar-refractivity contribution >= 4 is 11.8 Å². The first-order valence-corrected chi connectivity index (χ1v) is 10.1. The lowest BCUT2D eigenvalue weighted by Crippen LogP contribution is -2.56. The molecule has 6 heteroatoms. The second-order valence-corrected chi connectivity index (χ2v) is 7.70. The molecule has 0 N–H and O–H groups in total. The highest BCUT2D eigenvalue weighted by atomic mass is 19.2. The molecule has 1 fully saturated rings. The van der Waals surface area contributed by atoms with Crippen molar-refractivity contribution in [1.82, 2.24) is 9.80 Å². The van der Waals surface area contributed by atoms with Gasteiger partial charge < -0.3 is 9.80 Å². The predicted molar refractivity (Wildman–Crippen MR) is 113 cm³/mol. The lowest BCUT2D eigenvalue weighted by Gasteiger charge is -2.40. The van der Waals surface area contributed by atoms with Crippen LogP contribution in [-0.4, -0.2) is 34.7 Å². The number of hydrogen-bond acceptors (Lipinski definition) is 2. The van der Waals surface area contributed by atoms with Crippen molar-refractivity contribution in [3.63, 3.8) is 0 Å². The second-order valence-electron chi connectivity index (χ2n) is 7.70. The molecule has 1 aliphatic rings. The molecule has 0 atom stereocenters. The highest BCUT2D eigenvalue weighted by Crippen LogP contribution is 2.23. The predicted octanol–water partition coefficient (Wildman–Crippen LogP) is 4.27. The molecule has 158 valence electrons. The molecular weight excluding hydrogens is 398 g/mol. The third-order valence-corrected chi connectivity index (χ3v) is 5.43. The molecule has 3 aromatic carbocycles. The zero-order valence-corrected chi connectivity index (χ0v) is 16.9. The van der Waals surface area contributed by atoms with Crippen LogP contribution < -0.4 is 0 Å². The molecule has 4 nitrogen and oxygen atoms in total. The maximum Gasteiger partial charge on any atom is 0.254 e. The number of rotatable bonds is 6. The van der Waals surface area contributed by atoms with E-state index >= 15 is 0 Å². The van der Waals surface area contributed by atoms with Gasteiger partial charge in [-0.3, -0.25) is 9.59 Å². The van der Waals surface area contributed by atoms with Crippen molar-refractivity contribution < 1.29 is 18.4 Å². The molecule has 1 heterocycles. The molecule has 4 rings (SSSR count). The maximum atomic E-state index is 13.4. The highest BCUT2D eigenvalue weighted by Gasteiger charge is 2.38. The van der Waals surface area contributed by atoms with E-state index in [0.717, 1.165) is 23.3 Å². The molecule has 0 saturated carbocycles. The normalized spacial score (nSPS) is 13.5. The molecule has 0 unspecified atom stereocenters. The molecule has 1 saturated heterocycles. The quantitative estimate of drug-likeness (QED) is 0.598. The Morgan fingerprint density at radius 2 is 1.35 bits per heavy atom. The Balaban J connectivity index is 1.43. The Morgan fingerprint density at radius 3 is 1.87 bits per heavy atom. The van der Waals surface area contributed by atoms with E-state index in [9.17, 15) is 18.4 Å². The summed E-state index contributed by atoms with van der Waals surface area (Å²) in [5, 5.41) is 0. The fourth-order valence-corrected chi connectivity index (χ4v) is 3.69. The number of benzene rings is 3. The van der Waals surface area contributed by atoms with Gasteiger partial charge in [0.2, 0.25) is 5.91 Å². The highest BCUT2D eigenvalue weighted by molar-refractivity contribution is 5.96. The van der Waals surface area contributed by atoms with Crippen molar-refractivity contribution in [3.8, 4) is 0 Å². The van der Waals surface area contributed by atoms with Crippen molar-refractivity contribution in [2.45, 2.75) is 13.1 Å². The third kappa shape index (κ3) is 4.79. The van der Waals surface area contributed by atoms with Gasteiger partial charge in [-0.15, -0.1) is 0 Å². The maximum absolute atomic E-state index is 13.4. The Labute approximate surface area is 179 Å². The lowest BCUT2D eigenvalue weighted by atomic mass is 9.96. The number of likely N-dealkylation sites (tertiary alicyclic amines) is 1. The first kappa shape index (κ1) is 20.7. The Hall–Kier alpha value is -3.54. The molecule has 0 aromatic heterocycles. The molecule has 0 radical (unpaired) electrons. The summed E-state index contributed by atoms with van der Waals surface area (Å²) in [5.41, 5.74) is 2.14. The van der Waals surface area contributed by atoms with Crippen LogP contribution in [-0.2, 0) is 17.9 Å². The summed E-state index contributed by atoms with van der Waals surface area (Å²) >= 11 is 0. The van der Waals surface area contributed by atoms with Gasteiger partial charge in [0.05, 0.1) is 5.92 Å². The van der Waals surface area contributed by atoms with E-state index in [1.165, 1.54) is 11.0 Å². The van der Waals surface area contributed by atoms with Gasteiger partial charge in [-0.2, -0.15) is 0 Å². The molecular formula is C25H22F2N2O2. The van der Waals surface area contributed by atoms with Crippen LogP contribution >= 0.6 is 0 Å². The summed E-state index contributed by atoms with van der Waals surface area (Å²) in [7, 11) is 0. The van der Waals surface area contributed by atoms with Crippen LogP contribution in [0.3, 0.4) is 0 Å². The van der Waals surface area contributed by atoms with E-state index in [1.54, 1.807) is 4.90 Å². The van der Waals surface area contributed by atoms with Crippen LogP contribution in [0, 0.1) is 17.6 Å². The van der Waals surface area contributed by atoms with Crippen molar-refractivity contribution in [2.75, 3.05) is 13.1 Å². The fourth-order valence-electron chi connectivity index (χ4n) is 3.69. The van der Waals surface area contributed by atoms with Crippen LogP contribution in [0.2, 0.25) is 0 Å². The van der Waals surface area contributed by atoms with Crippen LogP contribution in [0.1, 0.15) is 21.5 Å². The number of nitrogens with zero attached hydrogens (tertiary/aromatic N) is 2. The van der Waals surface area contributed by atoms with Gasteiger partial charge in [-0.05, 0) is 29.3 Å². The summed E-state index contributed by atoms with van der Waals surface area (Å²) in [6.07, 6.45) is 0. The minimum absolute atomic E-state index is 0.0259. The van der Waals surface area contributed by atoms with Crippen molar-refractivity contribution in [3.05, 3.63) is 107 Å². The van der Waals surface area contributed by atoms with Gasteiger partial charge in [0, 0.05) is 31.7 Å². The summed E-state index contributed by atoms with van der Waals surface area (Å²) < 4.78 is 26.6. The van der Waals surface area contributed by atoms with Gasteiger partial charge in [0.25, 0.3) is 5.91 Å². The number of hydrogen-bond donors (Lipinski definition) is 0. The molecule has 31 heavy (non-hydrogen) atoms. The van der Waals surface area contributed by atoms with Crippen molar-refractivity contribution in [2.24, 2.45) is 5.92 Å². The summed E-state index contributed by atoms with van der Waals surface area (Å²) in [6.45, 7) is 1.47. The second kappa shape index (κ2) is 9.08. The first-order chi connectivity index (χ1) is 15.0. The average molecular weight is 420 g/mol. The average Bonchev–Trinajstić information content (AvgIpc) is 2.75. The third-order valence-electron chi connectivity index (χ3n) is 5.43. The SMILES string of the molecule is O=C(c1ccc(F)c(F)c1)N1CC(C(=O)N(Cc2ccccc2)Cc2ccccc2)C1. The Kier molecular flexibility index (Phi) is 6.07. The van der Waals surface area contributed by atoms with Crippen LogP contribution in [0.25, 0.3) is 0 Å². The zero-order chi connectivity index (χ0) is 21.8. The van der Waals surface area contributed by atoms with E-state index in [-0.39, 0.29) is 30.5 Å². The Morgan fingerprint density at radius 1 is 0.806 bits per heavy atom. The van der Waals surface area contributed by atoms with Crippen LogP contribution in [0.15, 0.2) is 78.9 Å². The summed E-state index contributed by atoms with van der Waals surface area (Å²) in [5.74, 6) is -2.80. The number of halogens is 2. The van der Waals surface area contributed by atoms with E-state index in [4.69, 9.17) is 0 Å². The van der Waals surface area contributed by atoms with Gasteiger partial charge >= 0.3 is 0 Å². The van der Waals surface area contributed by atoms with E-state index < -0.39 is 17.5 Å². The molecule has 0 spiro atoms. The first-order valence-electron chi connectivity index (χ1n) is 10.1. The van der Waals surface area contributed by atoms with Gasteiger partial charge in [0.15, 0.2) is 11.6 Å². The smallest absolute Gasteiger partial charge is 0.254 e. The van der Waals surface area contributed by atoms with Gasteiger partial charge in [0.1, 0.15) is 0 Å². The molecule has 2 amide bonds. The molecule has 0 aliphatic carbocycles. The standard InChI is InChI=1S/C25H22F2N2O2/c26-22-12-11-20(13-23(22)27)24(30)29-16-21(17-29)25(31)28(14-18-7-3-1-4-8-18)15-19-9-5-2-6-10-19/h1-13,21H,14-17H2. The van der Waals surface area contributed by atoms with E-state index in [1.807, 2.05) is 60.7 Å². The minimum Gasteiger partial charge on any atom is -0.337 e. The summed E-state index contributed by atoms with van der Waals surface area (Å²) in [4.78, 5) is 29.0.